The highest BCUT2D eigenvalue weighted by Crippen LogP contribution is 2.07. The van der Waals surface area contributed by atoms with Crippen molar-refractivity contribution < 1.29 is 0 Å². The first-order valence-corrected chi connectivity index (χ1v) is 4.33. The van der Waals surface area contributed by atoms with Gasteiger partial charge in [0.1, 0.15) is 5.65 Å². The number of rotatable bonds is 2. The van der Waals surface area contributed by atoms with Crippen LogP contribution in [0.15, 0.2) is 30.6 Å². The second kappa shape index (κ2) is 2.97. The van der Waals surface area contributed by atoms with Crippen LogP contribution in [0.1, 0.15) is 19.0 Å². The highest BCUT2D eigenvalue weighted by Gasteiger charge is 1.98. The summed E-state index contributed by atoms with van der Waals surface area (Å²) in [6.45, 7) is 2.18. The quantitative estimate of drug-likeness (QED) is 0.658. The Bertz CT molecular complexity index is 376. The van der Waals surface area contributed by atoms with Gasteiger partial charge in [-0.3, -0.25) is 0 Å². The number of hydrogen-bond acceptors (Lipinski definition) is 1. The van der Waals surface area contributed by atoms with Gasteiger partial charge in [0.05, 0.1) is 0 Å². The predicted octanol–water partition coefficient (Wildman–Crippen LogP) is 2.29. The van der Waals surface area contributed by atoms with E-state index in [-0.39, 0.29) is 0 Å². The maximum absolute atomic E-state index is 4.30. The van der Waals surface area contributed by atoms with E-state index in [9.17, 15) is 0 Å². The molecule has 0 radical (unpaired) electrons. The lowest BCUT2D eigenvalue weighted by atomic mass is 10.3. The molecule has 0 spiro atoms. The summed E-state index contributed by atoms with van der Waals surface area (Å²) in [5, 5.41) is 0. The first-order valence-electron chi connectivity index (χ1n) is 4.33. The molecule has 0 saturated heterocycles. The molecular formula is C10H12N2. The topological polar surface area (TPSA) is 17.3 Å². The van der Waals surface area contributed by atoms with Crippen molar-refractivity contribution in [2.75, 3.05) is 0 Å². The summed E-state index contributed by atoms with van der Waals surface area (Å²) in [6.07, 6.45) is 6.29. The average Bonchev–Trinajstić information content (AvgIpc) is 2.50. The summed E-state index contributed by atoms with van der Waals surface area (Å²) in [5.74, 6) is 0. The Morgan fingerprint density at radius 2 is 2.33 bits per heavy atom. The number of aryl methyl sites for hydroxylation is 1. The van der Waals surface area contributed by atoms with Crippen molar-refractivity contribution >= 4 is 5.65 Å². The van der Waals surface area contributed by atoms with Crippen LogP contribution in [-0.4, -0.2) is 9.38 Å². The van der Waals surface area contributed by atoms with Crippen LogP contribution >= 0.6 is 0 Å². The zero-order valence-electron chi connectivity index (χ0n) is 7.20. The Labute approximate surface area is 71.9 Å². The highest BCUT2D eigenvalue weighted by atomic mass is 15.0. The summed E-state index contributed by atoms with van der Waals surface area (Å²) < 4.78 is 2.14. The van der Waals surface area contributed by atoms with Crippen LogP contribution in [0.5, 0.6) is 0 Å². The third-order valence-corrected chi connectivity index (χ3v) is 2.00. The van der Waals surface area contributed by atoms with Gasteiger partial charge in [-0.1, -0.05) is 19.4 Å². The smallest absolute Gasteiger partial charge is 0.136 e. The van der Waals surface area contributed by atoms with Crippen molar-refractivity contribution in [3.8, 4) is 0 Å². The largest absolute Gasteiger partial charge is 0.304 e. The van der Waals surface area contributed by atoms with E-state index in [0.717, 1.165) is 12.1 Å². The normalized spacial score (nSPS) is 10.8. The second-order valence-corrected chi connectivity index (χ2v) is 2.93. The van der Waals surface area contributed by atoms with E-state index in [1.54, 1.807) is 0 Å². The minimum Gasteiger partial charge on any atom is -0.304 e. The second-order valence-electron chi connectivity index (χ2n) is 2.93. The van der Waals surface area contributed by atoms with E-state index in [1.807, 2.05) is 24.4 Å². The third kappa shape index (κ3) is 1.09. The van der Waals surface area contributed by atoms with Gasteiger partial charge in [-0.2, -0.15) is 0 Å². The zero-order valence-corrected chi connectivity index (χ0v) is 7.20. The minimum absolute atomic E-state index is 1.04. The van der Waals surface area contributed by atoms with E-state index in [2.05, 4.69) is 22.5 Å². The molecule has 0 aliphatic heterocycles. The van der Waals surface area contributed by atoms with Crippen molar-refractivity contribution in [1.29, 1.82) is 0 Å². The molecule has 12 heavy (non-hydrogen) atoms. The van der Waals surface area contributed by atoms with Gasteiger partial charge in [0.15, 0.2) is 0 Å². The van der Waals surface area contributed by atoms with E-state index < -0.39 is 0 Å². The van der Waals surface area contributed by atoms with Crippen molar-refractivity contribution in [2.45, 2.75) is 19.8 Å². The van der Waals surface area contributed by atoms with Gasteiger partial charge < -0.3 is 4.40 Å². The molecule has 2 aromatic rings. The van der Waals surface area contributed by atoms with Crippen LogP contribution in [0.2, 0.25) is 0 Å². The monoisotopic (exact) mass is 160 g/mol. The Hall–Kier alpha value is -1.31. The summed E-state index contributed by atoms with van der Waals surface area (Å²) in [4.78, 5) is 4.30. The molecule has 0 unspecified atom stereocenters. The Kier molecular flexibility index (Phi) is 1.82. The van der Waals surface area contributed by atoms with E-state index in [1.165, 1.54) is 12.1 Å². The predicted molar refractivity (Wildman–Crippen MR) is 49.2 cm³/mol. The maximum Gasteiger partial charge on any atom is 0.136 e. The van der Waals surface area contributed by atoms with Crippen LogP contribution in [0.4, 0.5) is 0 Å². The highest BCUT2D eigenvalue weighted by molar-refractivity contribution is 5.39. The van der Waals surface area contributed by atoms with Crippen molar-refractivity contribution in [3.63, 3.8) is 0 Å². The van der Waals surface area contributed by atoms with Gasteiger partial charge in [-0.25, -0.2) is 4.98 Å². The fraction of sp³-hybridized carbons (Fsp3) is 0.300. The van der Waals surface area contributed by atoms with Gasteiger partial charge in [0.25, 0.3) is 0 Å². The molecule has 0 aliphatic carbocycles. The number of hydrogen-bond donors (Lipinski definition) is 0. The third-order valence-electron chi connectivity index (χ3n) is 2.00. The van der Waals surface area contributed by atoms with Crippen LogP contribution < -0.4 is 0 Å². The molecule has 0 aliphatic rings. The molecule has 2 nitrogen and oxygen atoms in total. The molecule has 0 bridgehead atoms. The van der Waals surface area contributed by atoms with Crippen molar-refractivity contribution in [2.24, 2.45) is 0 Å². The van der Waals surface area contributed by atoms with E-state index in [0.29, 0.717) is 0 Å². The summed E-state index contributed by atoms with van der Waals surface area (Å²) in [5.41, 5.74) is 2.34. The molecule has 0 aromatic carbocycles. The SMILES string of the molecule is CCCc1cnc2ccccn12. The first-order chi connectivity index (χ1) is 5.92. The average molecular weight is 160 g/mol. The lowest BCUT2D eigenvalue weighted by molar-refractivity contribution is 0.868. The van der Waals surface area contributed by atoms with Gasteiger partial charge >= 0.3 is 0 Å². The van der Waals surface area contributed by atoms with Gasteiger partial charge in [-0.05, 0) is 18.6 Å². The Morgan fingerprint density at radius 3 is 3.17 bits per heavy atom. The fourth-order valence-electron chi connectivity index (χ4n) is 1.43. The van der Waals surface area contributed by atoms with Gasteiger partial charge in [-0.15, -0.1) is 0 Å². The fourth-order valence-corrected chi connectivity index (χ4v) is 1.43. The van der Waals surface area contributed by atoms with Crippen molar-refractivity contribution in [3.05, 3.63) is 36.3 Å². The van der Waals surface area contributed by atoms with Crippen LogP contribution in [0.25, 0.3) is 5.65 Å². The number of pyridine rings is 1. The number of imidazole rings is 1. The van der Waals surface area contributed by atoms with Crippen molar-refractivity contribution in [1.82, 2.24) is 9.38 Å². The minimum atomic E-state index is 1.04. The molecule has 2 heteroatoms. The Morgan fingerprint density at radius 1 is 1.42 bits per heavy atom. The number of nitrogens with zero attached hydrogens (tertiary/aromatic N) is 2. The molecule has 2 rings (SSSR count). The lowest BCUT2D eigenvalue weighted by Crippen LogP contribution is -1.90. The van der Waals surface area contributed by atoms with Crippen LogP contribution in [-0.2, 0) is 6.42 Å². The standard InChI is InChI=1S/C10H12N2/c1-2-5-9-8-11-10-6-3-4-7-12(9)10/h3-4,6-8H,2,5H2,1H3. The summed E-state index contributed by atoms with van der Waals surface area (Å²) in [6, 6.07) is 6.07. The molecule has 0 fully saturated rings. The summed E-state index contributed by atoms with van der Waals surface area (Å²) >= 11 is 0. The molecule has 62 valence electrons. The van der Waals surface area contributed by atoms with E-state index >= 15 is 0 Å². The van der Waals surface area contributed by atoms with E-state index in [4.69, 9.17) is 0 Å². The molecular weight excluding hydrogens is 148 g/mol. The molecule has 0 atom stereocenters. The zero-order chi connectivity index (χ0) is 8.39. The van der Waals surface area contributed by atoms with Gasteiger partial charge in [0, 0.05) is 18.1 Å². The number of aromatic nitrogens is 2. The Balaban J connectivity index is 2.55. The molecule has 0 amide bonds. The first kappa shape index (κ1) is 7.35. The lowest BCUT2D eigenvalue weighted by Gasteiger charge is -1.97. The van der Waals surface area contributed by atoms with Crippen LogP contribution in [0, 0.1) is 0 Å². The maximum atomic E-state index is 4.30. The molecule has 0 N–H and O–H groups in total. The van der Waals surface area contributed by atoms with Crippen LogP contribution in [0.3, 0.4) is 0 Å². The molecule has 2 aromatic heterocycles. The van der Waals surface area contributed by atoms with Gasteiger partial charge in [0.2, 0.25) is 0 Å². The molecule has 2 heterocycles. The molecule has 0 saturated carbocycles. The summed E-state index contributed by atoms with van der Waals surface area (Å²) in [7, 11) is 0. The number of fused-ring (bicyclic) bond motifs is 1.